The van der Waals surface area contributed by atoms with Crippen LogP contribution in [0.15, 0.2) is 18.2 Å². The van der Waals surface area contributed by atoms with Gasteiger partial charge in [0, 0.05) is 6.42 Å². The van der Waals surface area contributed by atoms with Gasteiger partial charge in [0.25, 0.3) is 0 Å². The Hall–Kier alpha value is -1.29. The van der Waals surface area contributed by atoms with Crippen LogP contribution >= 0.6 is 0 Å². The lowest BCUT2D eigenvalue weighted by atomic mass is 9.86. The van der Waals surface area contributed by atoms with Gasteiger partial charge in [-0.25, -0.2) is 8.78 Å². The third kappa shape index (κ3) is 2.64. The summed E-state index contributed by atoms with van der Waals surface area (Å²) in [7, 11) is 0. The summed E-state index contributed by atoms with van der Waals surface area (Å²) in [5.74, 6) is -2.19. The predicted octanol–water partition coefficient (Wildman–Crippen LogP) is 2.54. The lowest BCUT2D eigenvalue weighted by molar-refractivity contribution is -0.122. The van der Waals surface area contributed by atoms with Crippen molar-refractivity contribution >= 4 is 5.78 Å². The van der Waals surface area contributed by atoms with Crippen molar-refractivity contribution < 1.29 is 18.7 Å². The van der Waals surface area contributed by atoms with Crippen LogP contribution in [0.2, 0.25) is 0 Å². The van der Waals surface area contributed by atoms with Gasteiger partial charge >= 0.3 is 0 Å². The van der Waals surface area contributed by atoms with Crippen LogP contribution in [0.1, 0.15) is 32.3 Å². The van der Waals surface area contributed by atoms with Gasteiger partial charge in [0.15, 0.2) is 11.6 Å². The molecule has 0 saturated heterocycles. The van der Waals surface area contributed by atoms with Crippen LogP contribution in [0.3, 0.4) is 0 Å². The molecule has 1 unspecified atom stereocenters. The molecule has 0 radical (unpaired) electrons. The van der Waals surface area contributed by atoms with E-state index in [4.69, 9.17) is 0 Å². The average molecular weight is 228 g/mol. The number of halogens is 2. The molecule has 1 N–H and O–H groups in total. The van der Waals surface area contributed by atoms with Crippen molar-refractivity contribution in [2.24, 2.45) is 0 Å². The first kappa shape index (κ1) is 12.8. The van der Waals surface area contributed by atoms with Gasteiger partial charge in [-0.05, 0) is 31.0 Å². The second-order valence-corrected chi connectivity index (χ2v) is 3.89. The molecule has 2 nitrogen and oxygen atoms in total. The summed E-state index contributed by atoms with van der Waals surface area (Å²) < 4.78 is 25.7. The zero-order valence-corrected chi connectivity index (χ0v) is 9.26. The van der Waals surface area contributed by atoms with E-state index >= 15 is 0 Å². The summed E-state index contributed by atoms with van der Waals surface area (Å²) in [5.41, 5.74) is -1.19. The fourth-order valence-electron chi connectivity index (χ4n) is 1.63. The fraction of sp³-hybridized carbons (Fsp3) is 0.417. The molecular formula is C12H14F2O2. The Morgan fingerprint density at radius 3 is 2.44 bits per heavy atom. The summed E-state index contributed by atoms with van der Waals surface area (Å²) in [4.78, 5) is 11.0. The predicted molar refractivity (Wildman–Crippen MR) is 55.8 cm³/mol. The topological polar surface area (TPSA) is 37.3 Å². The molecule has 0 heterocycles. The van der Waals surface area contributed by atoms with Gasteiger partial charge in [0.1, 0.15) is 5.78 Å². The van der Waals surface area contributed by atoms with Crippen LogP contribution in [-0.4, -0.2) is 10.9 Å². The number of Topliss-reactive ketones (excluding diaryl/α,β-unsaturated/α-hetero) is 1. The number of carbonyl (C=O) groups excluding carboxylic acids is 1. The molecule has 16 heavy (non-hydrogen) atoms. The van der Waals surface area contributed by atoms with Crippen LogP contribution in [-0.2, 0) is 10.4 Å². The minimum Gasteiger partial charge on any atom is -0.385 e. The minimum atomic E-state index is -1.42. The molecule has 0 spiro atoms. The molecule has 0 aliphatic rings. The highest BCUT2D eigenvalue weighted by Crippen LogP contribution is 2.29. The molecule has 1 rings (SSSR count). The fourth-order valence-corrected chi connectivity index (χ4v) is 1.63. The van der Waals surface area contributed by atoms with Crippen LogP contribution in [0.25, 0.3) is 0 Å². The number of benzene rings is 1. The van der Waals surface area contributed by atoms with E-state index in [0.717, 1.165) is 12.1 Å². The number of hydrogen-bond donors (Lipinski definition) is 1. The van der Waals surface area contributed by atoms with Crippen molar-refractivity contribution in [2.75, 3.05) is 0 Å². The maximum absolute atomic E-state index is 13.0. The largest absolute Gasteiger partial charge is 0.385 e. The molecule has 0 aliphatic heterocycles. The van der Waals surface area contributed by atoms with Gasteiger partial charge < -0.3 is 5.11 Å². The Kier molecular flexibility index (Phi) is 3.75. The van der Waals surface area contributed by atoms with E-state index in [1.54, 1.807) is 6.92 Å². The van der Waals surface area contributed by atoms with Crippen LogP contribution in [0.4, 0.5) is 8.78 Å². The Morgan fingerprint density at radius 2 is 2.00 bits per heavy atom. The van der Waals surface area contributed by atoms with Gasteiger partial charge in [-0.15, -0.1) is 0 Å². The highest BCUT2D eigenvalue weighted by molar-refractivity contribution is 5.76. The molecule has 0 fully saturated rings. The van der Waals surface area contributed by atoms with Crippen LogP contribution < -0.4 is 0 Å². The minimum absolute atomic E-state index is 0.103. The molecule has 88 valence electrons. The Labute approximate surface area is 92.9 Å². The van der Waals surface area contributed by atoms with Crippen molar-refractivity contribution in [1.29, 1.82) is 0 Å². The number of aliphatic hydroxyl groups is 1. The Morgan fingerprint density at radius 1 is 1.38 bits per heavy atom. The highest BCUT2D eigenvalue weighted by atomic mass is 19.2. The maximum Gasteiger partial charge on any atom is 0.159 e. The normalized spacial score (nSPS) is 14.6. The number of rotatable bonds is 4. The number of hydrogen-bond acceptors (Lipinski definition) is 2. The zero-order chi connectivity index (χ0) is 12.3. The van der Waals surface area contributed by atoms with Crippen LogP contribution in [0, 0.1) is 11.6 Å². The van der Waals surface area contributed by atoms with E-state index < -0.39 is 17.2 Å². The summed E-state index contributed by atoms with van der Waals surface area (Å²) in [6.07, 6.45) is 0.159. The van der Waals surface area contributed by atoms with Crippen molar-refractivity contribution in [2.45, 2.75) is 32.3 Å². The van der Waals surface area contributed by atoms with E-state index in [0.29, 0.717) is 0 Å². The molecular weight excluding hydrogens is 214 g/mol. The van der Waals surface area contributed by atoms with Gasteiger partial charge in [0.05, 0.1) is 5.60 Å². The van der Waals surface area contributed by atoms with Gasteiger partial charge in [-0.1, -0.05) is 13.0 Å². The van der Waals surface area contributed by atoms with E-state index in [1.807, 2.05) is 0 Å². The number of ketones is 1. The summed E-state index contributed by atoms with van der Waals surface area (Å²) in [6, 6.07) is 3.18. The van der Waals surface area contributed by atoms with E-state index in [-0.39, 0.29) is 24.2 Å². The number of carbonyl (C=O) groups is 1. The molecule has 0 aromatic heterocycles. The molecule has 1 atom stereocenters. The zero-order valence-electron chi connectivity index (χ0n) is 9.26. The summed E-state index contributed by atoms with van der Waals surface area (Å²) >= 11 is 0. The summed E-state index contributed by atoms with van der Waals surface area (Å²) in [5, 5.41) is 10.2. The quantitative estimate of drug-likeness (QED) is 0.859. The maximum atomic E-state index is 13.0. The standard InChI is InChI=1S/C12H14F2O2/c1-3-12(16,7-8(2)15)9-4-5-10(13)11(14)6-9/h4-6,16H,3,7H2,1-2H3. The third-order valence-electron chi connectivity index (χ3n) is 2.58. The second-order valence-electron chi connectivity index (χ2n) is 3.89. The van der Waals surface area contributed by atoms with Crippen molar-refractivity contribution in [3.63, 3.8) is 0 Å². The molecule has 1 aromatic rings. The molecule has 4 heteroatoms. The SMILES string of the molecule is CCC(O)(CC(C)=O)c1ccc(F)c(F)c1. The molecule has 0 aliphatic carbocycles. The lowest BCUT2D eigenvalue weighted by Crippen LogP contribution is -2.27. The van der Waals surface area contributed by atoms with Gasteiger partial charge in [-0.3, -0.25) is 4.79 Å². The van der Waals surface area contributed by atoms with E-state index in [9.17, 15) is 18.7 Å². The first-order chi connectivity index (χ1) is 7.39. The van der Waals surface area contributed by atoms with Gasteiger partial charge in [0.2, 0.25) is 0 Å². The van der Waals surface area contributed by atoms with Crippen LogP contribution in [0.5, 0.6) is 0 Å². The van der Waals surface area contributed by atoms with Crippen molar-refractivity contribution in [3.05, 3.63) is 35.4 Å². The first-order valence-electron chi connectivity index (χ1n) is 5.06. The first-order valence-corrected chi connectivity index (χ1v) is 5.06. The van der Waals surface area contributed by atoms with Gasteiger partial charge in [-0.2, -0.15) is 0 Å². The molecule has 0 bridgehead atoms. The third-order valence-corrected chi connectivity index (χ3v) is 2.58. The smallest absolute Gasteiger partial charge is 0.159 e. The Bertz CT molecular complexity index is 404. The monoisotopic (exact) mass is 228 g/mol. The lowest BCUT2D eigenvalue weighted by Gasteiger charge is -2.26. The van der Waals surface area contributed by atoms with Crippen molar-refractivity contribution in [1.82, 2.24) is 0 Å². The molecule has 1 aromatic carbocycles. The van der Waals surface area contributed by atoms with Crippen molar-refractivity contribution in [3.8, 4) is 0 Å². The van der Waals surface area contributed by atoms with E-state index in [1.165, 1.54) is 13.0 Å². The Balaban J connectivity index is 3.12. The molecule has 0 saturated carbocycles. The van der Waals surface area contributed by atoms with E-state index in [2.05, 4.69) is 0 Å². The summed E-state index contributed by atoms with van der Waals surface area (Å²) in [6.45, 7) is 3.03. The second kappa shape index (κ2) is 4.70. The molecule has 0 amide bonds. The average Bonchev–Trinajstić information content (AvgIpc) is 2.21. The highest BCUT2D eigenvalue weighted by Gasteiger charge is 2.29.